The molecule has 18 nitrogen and oxygen atoms in total. The van der Waals surface area contributed by atoms with Crippen LogP contribution in [0.1, 0.15) is 196 Å². The Bertz CT molecular complexity index is 5850. The molecule has 3 aromatic heterocycles. The van der Waals surface area contributed by atoms with E-state index in [2.05, 4.69) is 60.9 Å². The van der Waals surface area contributed by atoms with Gasteiger partial charge in [-0.25, -0.2) is 14.5 Å². The minimum atomic E-state index is -2.65. The highest BCUT2D eigenvalue weighted by Gasteiger charge is 2.30. The summed E-state index contributed by atoms with van der Waals surface area (Å²) >= 11 is 0. The van der Waals surface area contributed by atoms with E-state index in [1.807, 2.05) is 6.92 Å². The van der Waals surface area contributed by atoms with Crippen molar-refractivity contribution in [2.24, 2.45) is 0 Å². The Morgan fingerprint density at radius 1 is 0.522 bits per heavy atom. The van der Waals surface area contributed by atoms with Crippen molar-refractivity contribution in [3.8, 4) is 85.8 Å². The third-order valence-corrected chi connectivity index (χ3v) is 12.6. The number of hydrogen-bond donors (Lipinski definition) is 3. The summed E-state index contributed by atoms with van der Waals surface area (Å²) in [6.07, 6.45) is -11.5. The molecule has 90 heavy (non-hydrogen) atoms. The lowest BCUT2D eigenvalue weighted by Crippen LogP contribution is -2.19. The lowest BCUT2D eigenvalue weighted by atomic mass is 10.0. The molecule has 0 aliphatic heterocycles. The van der Waals surface area contributed by atoms with Gasteiger partial charge in [0.1, 0.15) is 17.2 Å². The summed E-state index contributed by atoms with van der Waals surface area (Å²) in [6, 6.07) is -14.9. The van der Waals surface area contributed by atoms with E-state index in [9.17, 15) is 0 Å². The molecule has 0 amide bonds. The molecular formula is C72H78N12O6. The summed E-state index contributed by atoms with van der Waals surface area (Å²) in [5.74, 6) is -3.27. The predicted octanol–water partition coefficient (Wildman–Crippen LogP) is 17.2. The van der Waals surface area contributed by atoms with E-state index in [1.165, 1.54) is 6.92 Å². The Morgan fingerprint density at radius 2 is 0.911 bits per heavy atom. The molecule has 3 N–H and O–H groups in total. The summed E-state index contributed by atoms with van der Waals surface area (Å²) in [5, 5.41) is 19.3. The number of aromatic nitrogens is 6. The fourth-order valence-electron chi connectivity index (χ4n) is 8.79. The molecule has 9 aromatic rings. The summed E-state index contributed by atoms with van der Waals surface area (Å²) in [6.45, 7) is 32.5. The largest absolute Gasteiger partial charge is 0.502 e. The molecule has 0 fully saturated rings. The van der Waals surface area contributed by atoms with Gasteiger partial charge in [0.05, 0.1) is 61.3 Å². The first-order chi connectivity index (χ1) is 56.3. The fourth-order valence-corrected chi connectivity index (χ4v) is 8.79. The Balaban J connectivity index is 0.000000192. The average Bonchev–Trinajstić information content (AvgIpc) is 1.56. The molecule has 18 heteroatoms. The highest BCUT2D eigenvalue weighted by atomic mass is 16.5. The Morgan fingerprint density at radius 3 is 1.29 bits per heavy atom. The highest BCUT2D eigenvalue weighted by molar-refractivity contribution is 5.74. The number of benzene rings is 6. The Hall–Kier alpha value is -9.51. The first kappa shape index (κ1) is 34.5. The first-order valence-electron chi connectivity index (χ1n) is 44.2. The van der Waals surface area contributed by atoms with Gasteiger partial charge in [0, 0.05) is 72.0 Å². The maximum absolute atomic E-state index is 8.95. The van der Waals surface area contributed by atoms with Gasteiger partial charge >= 0.3 is 0 Å². The van der Waals surface area contributed by atoms with E-state index < -0.39 is 226 Å². The van der Waals surface area contributed by atoms with Crippen LogP contribution in [0.2, 0.25) is 0 Å². The van der Waals surface area contributed by atoms with E-state index in [0.29, 0.717) is 13.0 Å². The number of fused-ring (bicyclic) bond motifs is 3. The van der Waals surface area contributed by atoms with Gasteiger partial charge in [0.15, 0.2) is 0 Å². The molecule has 462 valence electrons. The van der Waals surface area contributed by atoms with Crippen LogP contribution < -0.4 is 30.2 Å². The summed E-state index contributed by atoms with van der Waals surface area (Å²) in [4.78, 5) is 22.4. The van der Waals surface area contributed by atoms with E-state index in [-0.39, 0.29) is 120 Å². The molecule has 12 rings (SSSR count). The maximum atomic E-state index is 8.95. The molecule has 0 saturated carbocycles. The zero-order valence-electron chi connectivity index (χ0n) is 82.0. The zero-order chi connectivity index (χ0) is 91.5. The third-order valence-electron chi connectivity index (χ3n) is 12.6. The second kappa shape index (κ2) is 29.7. The fraction of sp³-hybridized carbons (Fsp3) is 0.375. The lowest BCUT2D eigenvalue weighted by Gasteiger charge is -2.13. The Kier molecular flexibility index (Phi) is 11.4. The molecule has 6 aromatic carbocycles. The maximum Gasteiger partial charge on any atom is 0.256 e. The van der Waals surface area contributed by atoms with E-state index >= 15 is 0 Å². The van der Waals surface area contributed by atoms with Gasteiger partial charge in [-0.05, 0) is 206 Å². The van der Waals surface area contributed by atoms with Crippen LogP contribution in [0.25, 0.3) is 83.1 Å². The van der Waals surface area contributed by atoms with Crippen molar-refractivity contribution in [3.63, 3.8) is 0 Å². The molecule has 0 unspecified atom stereocenters. The summed E-state index contributed by atoms with van der Waals surface area (Å²) < 4.78 is 303. The van der Waals surface area contributed by atoms with Gasteiger partial charge in [-0.15, -0.1) is 0 Å². The van der Waals surface area contributed by atoms with Crippen LogP contribution in [0.3, 0.4) is 0 Å². The number of nitrogens with zero attached hydrogens (tertiary/aromatic N) is 9. The Labute approximate surface area is 572 Å². The molecule has 3 aliphatic carbocycles. The van der Waals surface area contributed by atoms with Crippen LogP contribution in [-0.4, -0.2) is 68.3 Å². The molecule has 0 radical (unpaired) electrons. The van der Waals surface area contributed by atoms with Crippen LogP contribution in [-0.2, 0) is 19.1 Å². The van der Waals surface area contributed by atoms with E-state index in [0.717, 1.165) is 6.92 Å². The van der Waals surface area contributed by atoms with E-state index in [4.69, 9.17) is 91.4 Å². The van der Waals surface area contributed by atoms with Crippen molar-refractivity contribution < 1.29 is 71.6 Å². The SMILES string of the molecule is [2H]c1c([2H])c(-c2noc(-c3c([2H])c([2H])c(OC(C)C)c([N+]#[C-])c3[2H])n2)c2c(c1[2H])[C@@H](NC([2H])([2H])C([2H])([2H])C)CC2([2H])[2H].[2H]c1c([2H])c(-c2noc(-c3c([2H])c([2H])c(OC(C)C)c([N+]#[C-])c3[2H])n2)c2c(c1[2H])[C@@]([2H])(NC([2H])([2H])CC)CC2([2H])[2H].[2H]c1c([2H])c(-c2noc(-c3c([2H])c([2H])c(OC(C)C)c([N+]#[C-])c3[2H])n2)c2c(c1[2H])[C@@]([2H])(NCCC)CC2([2H])[2H]. The lowest BCUT2D eigenvalue weighted by molar-refractivity contribution is 0.244. The molecule has 0 spiro atoms. The van der Waals surface area contributed by atoms with Gasteiger partial charge in [-0.3, -0.25) is 0 Å². The van der Waals surface area contributed by atoms with Gasteiger partial charge in [-0.2, -0.15) is 15.0 Å². The van der Waals surface area contributed by atoms with Gasteiger partial charge < -0.3 is 43.7 Å². The van der Waals surface area contributed by atoms with Crippen molar-refractivity contribution in [1.82, 2.24) is 46.4 Å². The quantitative estimate of drug-likeness (QED) is 0.0575. The zero-order valence-corrected chi connectivity index (χ0v) is 50.0. The van der Waals surface area contributed by atoms with Gasteiger partial charge in [-0.1, -0.05) is 90.6 Å². The predicted molar refractivity (Wildman–Crippen MR) is 350 cm³/mol. The second-order valence-corrected chi connectivity index (χ2v) is 20.1. The van der Waals surface area contributed by atoms with Crippen molar-refractivity contribution in [2.45, 2.75) is 156 Å². The van der Waals surface area contributed by atoms with Gasteiger partial charge in [0.25, 0.3) is 17.7 Å². The molecular weight excluding hydrogens is 1130 g/mol. The van der Waals surface area contributed by atoms with Crippen LogP contribution in [0.15, 0.2) is 122 Å². The van der Waals surface area contributed by atoms with Crippen LogP contribution in [0.5, 0.6) is 17.2 Å². The number of nitrogens with one attached hydrogen (secondary N) is 3. The van der Waals surface area contributed by atoms with E-state index in [1.54, 1.807) is 41.5 Å². The molecule has 3 aliphatic rings. The highest BCUT2D eigenvalue weighted by Crippen LogP contribution is 2.42. The van der Waals surface area contributed by atoms with Crippen molar-refractivity contribution in [1.29, 1.82) is 0 Å². The standard InChI is InChI=1S/3C24H26N4O2/c3*1-5-13-26-20-11-10-17-18(20)7-6-8-19(17)23-27-24(30-28-23)16-9-12-22(29-15(2)3)21(14-16)25-4/h3*6-9,12,14-15,20,26H,5,10-11,13H2,1-3H3/t3*20-/m000/s1/i6D,7D,8D,9D,10D2,12D,13D2,14D,20D;5D2,6D,7D,8D,9D,10D2,12D,13D2,14D;6D,7D,8D,9D,10D2,12D,14D,20D. The van der Waals surface area contributed by atoms with Crippen molar-refractivity contribution >= 4 is 17.1 Å². The number of hydrogen-bond acceptors (Lipinski definition) is 15. The second-order valence-electron chi connectivity index (χ2n) is 20.1. The summed E-state index contributed by atoms with van der Waals surface area (Å²) in [7, 11) is 0. The summed E-state index contributed by atoms with van der Waals surface area (Å²) in [5.41, 5.74) is -4.32. The first-order valence-corrected chi connectivity index (χ1v) is 28.2. The van der Waals surface area contributed by atoms with Crippen molar-refractivity contribution in [3.05, 3.63) is 176 Å². The third kappa shape index (κ3) is 14.6. The minimum Gasteiger partial charge on any atom is -0.502 e. The topological polar surface area (TPSA) is 194 Å². The van der Waals surface area contributed by atoms with Gasteiger partial charge in [0.2, 0.25) is 34.5 Å². The smallest absolute Gasteiger partial charge is 0.256 e. The average molecular weight is 1240 g/mol. The normalized spacial score (nSPS) is 24.1. The monoisotopic (exact) mass is 1240 g/mol. The van der Waals surface area contributed by atoms with Crippen LogP contribution in [0, 0.1) is 19.7 Å². The minimum absolute atomic E-state index is 0.0683. The van der Waals surface area contributed by atoms with Crippen LogP contribution >= 0.6 is 0 Å². The number of rotatable bonds is 21. The molecule has 3 atom stereocenters. The molecule has 0 saturated heterocycles. The number of ether oxygens (including phenoxy) is 3. The molecule has 3 heterocycles. The van der Waals surface area contributed by atoms with Crippen molar-refractivity contribution in [2.75, 3.05) is 19.5 Å². The molecule has 0 bridgehead atoms. The van der Waals surface area contributed by atoms with Crippen LogP contribution in [0.4, 0.5) is 17.1 Å².